The van der Waals surface area contributed by atoms with E-state index in [-0.39, 0.29) is 11.9 Å². The van der Waals surface area contributed by atoms with Gasteiger partial charge in [-0.3, -0.25) is 10.2 Å². The maximum atomic E-state index is 11.7. The Morgan fingerprint density at radius 3 is 2.82 bits per heavy atom. The van der Waals surface area contributed by atoms with Gasteiger partial charge in [0.25, 0.3) is 5.91 Å². The minimum atomic E-state index is -0.256. The predicted molar refractivity (Wildman–Crippen MR) is 66.7 cm³/mol. The smallest absolute Gasteiger partial charge is 0.281 e. The maximum absolute atomic E-state index is 11.7. The Kier molecular flexibility index (Phi) is 5.18. The number of carbonyl (C=O) groups is 1. The number of carbonyl (C=O) groups excluding carboxylic acids is 1. The van der Waals surface area contributed by atoms with Crippen molar-refractivity contribution in [2.24, 2.45) is 5.84 Å². The van der Waals surface area contributed by atoms with E-state index in [1.54, 1.807) is 13.2 Å². The first-order chi connectivity index (χ1) is 8.15. The molecule has 0 aliphatic heterocycles. The number of amides is 1. The summed E-state index contributed by atoms with van der Waals surface area (Å²) in [5.74, 6) is 4.93. The Hall–Kier alpha value is -1.33. The molecule has 0 saturated heterocycles. The first-order valence-corrected chi connectivity index (χ1v) is 5.85. The fraction of sp³-hybridized carbons (Fsp3) is 0.583. The van der Waals surface area contributed by atoms with E-state index < -0.39 is 0 Å². The molecular weight excluding hydrogens is 218 g/mol. The zero-order valence-corrected chi connectivity index (χ0v) is 10.7. The van der Waals surface area contributed by atoms with Crippen LogP contribution in [0.15, 0.2) is 12.1 Å². The number of nitrogen functional groups attached to an aromatic ring is 1. The molecule has 0 bridgehead atoms. The molecule has 0 spiro atoms. The first kappa shape index (κ1) is 13.7. The molecule has 1 aromatic rings. The number of methoxy groups -OCH3 is 1. The van der Waals surface area contributed by atoms with Gasteiger partial charge in [-0.2, -0.15) is 0 Å². The maximum Gasteiger partial charge on any atom is 0.281 e. The molecule has 1 atom stereocenters. The van der Waals surface area contributed by atoms with Crippen LogP contribution in [0.2, 0.25) is 0 Å². The molecule has 17 heavy (non-hydrogen) atoms. The van der Waals surface area contributed by atoms with Gasteiger partial charge in [0.1, 0.15) is 5.69 Å². The van der Waals surface area contributed by atoms with Gasteiger partial charge in [-0.25, -0.2) is 5.84 Å². The van der Waals surface area contributed by atoms with Crippen molar-refractivity contribution in [3.05, 3.63) is 23.5 Å². The molecule has 0 aliphatic carbocycles. The number of nitrogens with zero attached hydrogens (tertiary/aromatic N) is 1. The summed E-state index contributed by atoms with van der Waals surface area (Å²) in [6.07, 6.45) is 1.75. The third kappa shape index (κ3) is 3.08. The average Bonchev–Trinajstić information content (AvgIpc) is 2.78. The van der Waals surface area contributed by atoms with Crippen molar-refractivity contribution in [2.75, 3.05) is 13.7 Å². The van der Waals surface area contributed by atoms with Crippen molar-refractivity contribution in [1.29, 1.82) is 0 Å². The molecule has 1 aromatic heterocycles. The van der Waals surface area contributed by atoms with Gasteiger partial charge in [-0.05, 0) is 25.5 Å². The van der Waals surface area contributed by atoms with Crippen molar-refractivity contribution in [3.8, 4) is 0 Å². The van der Waals surface area contributed by atoms with E-state index in [0.717, 1.165) is 18.5 Å². The van der Waals surface area contributed by atoms with Gasteiger partial charge in [0.15, 0.2) is 0 Å². The molecule has 0 fully saturated rings. The van der Waals surface area contributed by atoms with Crippen LogP contribution in [0.5, 0.6) is 0 Å². The Labute approximate surface area is 102 Å². The fourth-order valence-electron chi connectivity index (χ4n) is 1.86. The van der Waals surface area contributed by atoms with Gasteiger partial charge in [0, 0.05) is 25.3 Å². The van der Waals surface area contributed by atoms with E-state index in [4.69, 9.17) is 10.6 Å². The number of rotatable bonds is 6. The van der Waals surface area contributed by atoms with Gasteiger partial charge in [0.2, 0.25) is 0 Å². The van der Waals surface area contributed by atoms with Crippen molar-refractivity contribution < 1.29 is 9.53 Å². The van der Waals surface area contributed by atoms with Crippen LogP contribution in [0.3, 0.4) is 0 Å². The second kappa shape index (κ2) is 6.42. The van der Waals surface area contributed by atoms with Gasteiger partial charge in [0.05, 0.1) is 6.61 Å². The lowest BCUT2D eigenvalue weighted by Gasteiger charge is -2.18. The summed E-state index contributed by atoms with van der Waals surface area (Å²) in [4.78, 5) is 11.7. The topological polar surface area (TPSA) is 69.3 Å². The van der Waals surface area contributed by atoms with E-state index in [2.05, 4.69) is 19.3 Å². The Morgan fingerprint density at radius 2 is 2.29 bits per heavy atom. The van der Waals surface area contributed by atoms with Gasteiger partial charge in [-0.1, -0.05) is 6.92 Å². The van der Waals surface area contributed by atoms with E-state index in [1.807, 2.05) is 10.6 Å². The molecule has 0 unspecified atom stereocenters. The molecular formula is C12H21N3O2. The van der Waals surface area contributed by atoms with Crippen LogP contribution in [-0.2, 0) is 11.2 Å². The minimum Gasteiger partial charge on any atom is -0.384 e. The van der Waals surface area contributed by atoms with Crippen molar-refractivity contribution >= 4 is 5.91 Å². The number of nitrogens with two attached hydrogens (primary N) is 1. The first-order valence-electron chi connectivity index (χ1n) is 5.85. The highest BCUT2D eigenvalue weighted by atomic mass is 16.5. The summed E-state index contributed by atoms with van der Waals surface area (Å²) in [5, 5.41) is 0. The summed E-state index contributed by atoms with van der Waals surface area (Å²) in [6, 6.07) is 4.03. The number of aromatic nitrogens is 1. The number of hydrazine groups is 1. The average molecular weight is 239 g/mol. The van der Waals surface area contributed by atoms with Crippen LogP contribution in [0, 0.1) is 0 Å². The summed E-state index contributed by atoms with van der Waals surface area (Å²) in [5.41, 5.74) is 3.88. The number of ether oxygens (including phenoxy) is 1. The Balaban J connectivity index is 3.05. The lowest BCUT2D eigenvalue weighted by atomic mass is 10.2. The lowest BCUT2D eigenvalue weighted by Crippen LogP contribution is -2.32. The van der Waals surface area contributed by atoms with Crippen LogP contribution in [0.4, 0.5) is 0 Å². The van der Waals surface area contributed by atoms with Crippen LogP contribution in [-0.4, -0.2) is 24.2 Å². The Bertz CT molecular complexity index is 374. The molecule has 0 aromatic carbocycles. The van der Waals surface area contributed by atoms with Crippen LogP contribution < -0.4 is 11.3 Å². The molecule has 0 radical (unpaired) electrons. The number of hydrogen-bond donors (Lipinski definition) is 2. The third-order valence-electron chi connectivity index (χ3n) is 2.96. The van der Waals surface area contributed by atoms with Gasteiger partial charge in [-0.15, -0.1) is 0 Å². The summed E-state index contributed by atoms with van der Waals surface area (Å²) >= 11 is 0. The quantitative estimate of drug-likeness (QED) is 0.446. The largest absolute Gasteiger partial charge is 0.384 e. The molecule has 5 heteroatoms. The Morgan fingerprint density at radius 1 is 1.59 bits per heavy atom. The van der Waals surface area contributed by atoms with E-state index >= 15 is 0 Å². The lowest BCUT2D eigenvalue weighted by molar-refractivity contribution is 0.0941. The predicted octanol–water partition coefficient (Wildman–Crippen LogP) is 1.25. The highest BCUT2D eigenvalue weighted by molar-refractivity contribution is 5.92. The van der Waals surface area contributed by atoms with Crippen molar-refractivity contribution in [1.82, 2.24) is 9.99 Å². The molecule has 1 heterocycles. The molecule has 3 N–H and O–H groups in total. The van der Waals surface area contributed by atoms with Crippen molar-refractivity contribution in [3.63, 3.8) is 0 Å². The second-order valence-electron chi connectivity index (χ2n) is 4.05. The van der Waals surface area contributed by atoms with Crippen molar-refractivity contribution in [2.45, 2.75) is 32.7 Å². The number of nitrogens with one attached hydrogen (secondary N) is 1. The molecule has 1 rings (SSSR count). The number of hydrogen-bond acceptors (Lipinski definition) is 3. The molecule has 96 valence electrons. The fourth-order valence-corrected chi connectivity index (χ4v) is 1.86. The molecule has 5 nitrogen and oxygen atoms in total. The summed E-state index contributed by atoms with van der Waals surface area (Å²) in [6.45, 7) is 4.82. The monoisotopic (exact) mass is 239 g/mol. The third-order valence-corrected chi connectivity index (χ3v) is 2.96. The highest BCUT2D eigenvalue weighted by Crippen LogP contribution is 2.19. The van der Waals surface area contributed by atoms with E-state index in [9.17, 15) is 4.79 Å². The zero-order valence-electron chi connectivity index (χ0n) is 10.7. The SMILES string of the molecule is CC[C@@H](C)n1c(CCOC)ccc1C(=O)NN. The molecule has 0 aliphatic rings. The molecule has 0 saturated carbocycles. The van der Waals surface area contributed by atoms with E-state index in [1.165, 1.54) is 0 Å². The normalized spacial score (nSPS) is 12.5. The van der Waals surface area contributed by atoms with Crippen LogP contribution in [0.25, 0.3) is 0 Å². The highest BCUT2D eigenvalue weighted by Gasteiger charge is 2.17. The van der Waals surface area contributed by atoms with Crippen LogP contribution in [0.1, 0.15) is 42.5 Å². The van der Waals surface area contributed by atoms with Gasteiger partial charge >= 0.3 is 0 Å². The van der Waals surface area contributed by atoms with Crippen LogP contribution >= 0.6 is 0 Å². The second-order valence-corrected chi connectivity index (χ2v) is 4.05. The van der Waals surface area contributed by atoms with E-state index in [0.29, 0.717) is 12.3 Å². The van der Waals surface area contributed by atoms with Gasteiger partial charge < -0.3 is 9.30 Å². The summed E-state index contributed by atoms with van der Waals surface area (Å²) in [7, 11) is 1.67. The zero-order chi connectivity index (χ0) is 12.8. The summed E-state index contributed by atoms with van der Waals surface area (Å²) < 4.78 is 7.10. The molecule has 1 amide bonds. The minimum absolute atomic E-state index is 0.256. The standard InChI is InChI=1S/C12H21N3O2/c1-4-9(2)15-10(7-8-17-3)5-6-11(15)12(16)14-13/h5-6,9H,4,7-8,13H2,1-3H3,(H,14,16)/t9-/m1/s1.